The maximum absolute atomic E-state index is 11.5. The molecule has 10 nitrogen and oxygen atoms in total. The Balaban J connectivity index is 0.000000340. The van der Waals surface area contributed by atoms with Crippen LogP contribution in [0.3, 0.4) is 0 Å². The van der Waals surface area contributed by atoms with Gasteiger partial charge in [0.2, 0.25) is 11.8 Å². The molecular weight excluding hydrogens is 440 g/mol. The molecule has 2 saturated carbocycles. The lowest BCUT2D eigenvalue weighted by atomic mass is 9.86. The number of nitrogens with one attached hydrogen (secondary N) is 2. The first-order valence-electron chi connectivity index (χ1n) is 12.1. The van der Waals surface area contributed by atoms with Gasteiger partial charge < -0.3 is 31.6 Å². The zero-order valence-electron chi connectivity index (χ0n) is 21.6. The Kier molecular flexibility index (Phi) is 11.1. The molecule has 0 spiro atoms. The van der Waals surface area contributed by atoms with Crippen molar-refractivity contribution in [3.63, 3.8) is 0 Å². The minimum absolute atomic E-state index is 0.0355. The van der Waals surface area contributed by atoms with Gasteiger partial charge in [0.05, 0.1) is 0 Å². The van der Waals surface area contributed by atoms with Crippen LogP contribution in [-0.2, 0) is 19.1 Å². The number of primary amides is 2. The molecule has 0 unspecified atom stereocenters. The normalized spacial score (nSPS) is 25.1. The van der Waals surface area contributed by atoms with Gasteiger partial charge in [-0.3, -0.25) is 9.59 Å². The summed E-state index contributed by atoms with van der Waals surface area (Å²) in [6.07, 6.45) is 5.34. The van der Waals surface area contributed by atoms with Gasteiger partial charge in [-0.25, -0.2) is 9.59 Å². The topological polar surface area (TPSA) is 163 Å². The van der Waals surface area contributed by atoms with Crippen molar-refractivity contribution in [3.05, 3.63) is 0 Å². The van der Waals surface area contributed by atoms with Crippen LogP contribution in [0, 0.1) is 11.8 Å². The van der Waals surface area contributed by atoms with Gasteiger partial charge in [-0.1, -0.05) is 0 Å². The van der Waals surface area contributed by atoms with Crippen LogP contribution in [-0.4, -0.2) is 47.3 Å². The van der Waals surface area contributed by atoms with E-state index in [4.69, 9.17) is 20.9 Å². The van der Waals surface area contributed by atoms with Crippen molar-refractivity contribution in [2.24, 2.45) is 23.3 Å². The summed E-state index contributed by atoms with van der Waals surface area (Å²) in [5.74, 6) is -0.542. The smallest absolute Gasteiger partial charge is 0.407 e. The summed E-state index contributed by atoms with van der Waals surface area (Å²) >= 11 is 0. The molecule has 34 heavy (non-hydrogen) atoms. The number of ether oxygens (including phenoxy) is 2. The van der Waals surface area contributed by atoms with E-state index in [0.29, 0.717) is 0 Å². The Morgan fingerprint density at radius 3 is 1.06 bits per heavy atom. The van der Waals surface area contributed by atoms with E-state index < -0.39 is 11.2 Å². The lowest BCUT2D eigenvalue weighted by Gasteiger charge is -2.28. The molecule has 2 rings (SSSR count). The first-order valence-corrected chi connectivity index (χ1v) is 12.1. The number of alkyl carbamates (subject to hydrolysis) is 2. The molecule has 0 heterocycles. The molecule has 6 N–H and O–H groups in total. The average molecular weight is 485 g/mol. The summed E-state index contributed by atoms with van der Waals surface area (Å²) in [7, 11) is 0. The fourth-order valence-electron chi connectivity index (χ4n) is 3.99. The molecule has 0 aromatic rings. The van der Waals surface area contributed by atoms with Gasteiger partial charge in [-0.05, 0) is 92.9 Å². The SMILES string of the molecule is CC(C)(C)OC(=O)NC1CCC(C(N)=O)CC1.CC(C)(C)OC(=O)NC1CCC(C(N)=O)CC1. The van der Waals surface area contributed by atoms with Crippen LogP contribution in [0.15, 0.2) is 0 Å². The third-order valence-electron chi connectivity index (χ3n) is 5.70. The number of carbonyl (C=O) groups is 4. The van der Waals surface area contributed by atoms with E-state index in [2.05, 4.69) is 10.6 Å². The van der Waals surface area contributed by atoms with Gasteiger partial charge in [0.1, 0.15) is 11.2 Å². The van der Waals surface area contributed by atoms with E-state index >= 15 is 0 Å². The minimum atomic E-state index is -0.478. The Bertz CT molecular complexity index is 637. The first-order chi connectivity index (χ1) is 15.6. The highest BCUT2D eigenvalue weighted by Gasteiger charge is 2.28. The largest absolute Gasteiger partial charge is 0.444 e. The van der Waals surface area contributed by atoms with Gasteiger partial charge >= 0.3 is 12.2 Å². The number of amides is 4. The zero-order chi connectivity index (χ0) is 26.1. The number of carbonyl (C=O) groups excluding carboxylic acids is 4. The number of hydrogen-bond donors (Lipinski definition) is 4. The second-order valence-electron chi connectivity index (χ2n) is 11.2. The van der Waals surface area contributed by atoms with Crippen molar-refractivity contribution < 1.29 is 28.7 Å². The van der Waals surface area contributed by atoms with Crippen LogP contribution in [0.1, 0.15) is 92.9 Å². The van der Waals surface area contributed by atoms with Crippen LogP contribution in [0.5, 0.6) is 0 Å². The molecule has 2 aliphatic carbocycles. The van der Waals surface area contributed by atoms with Crippen LogP contribution in [0.4, 0.5) is 9.59 Å². The molecule has 0 saturated heterocycles. The second-order valence-corrected chi connectivity index (χ2v) is 11.2. The monoisotopic (exact) mass is 484 g/mol. The van der Waals surface area contributed by atoms with Crippen LogP contribution in [0.2, 0.25) is 0 Å². The second kappa shape index (κ2) is 12.8. The summed E-state index contributed by atoms with van der Waals surface area (Å²) < 4.78 is 10.3. The summed E-state index contributed by atoms with van der Waals surface area (Å²) in [6, 6.07) is 0.195. The van der Waals surface area contributed by atoms with Gasteiger partial charge in [-0.15, -0.1) is 0 Å². The molecule has 0 aromatic carbocycles. The molecule has 2 aliphatic rings. The van der Waals surface area contributed by atoms with Gasteiger partial charge in [0.25, 0.3) is 0 Å². The molecule has 0 aromatic heterocycles. The average Bonchev–Trinajstić information content (AvgIpc) is 2.66. The molecule has 196 valence electrons. The molecule has 0 bridgehead atoms. The molecular formula is C24H44N4O6. The number of nitrogens with two attached hydrogens (primary N) is 2. The fraction of sp³-hybridized carbons (Fsp3) is 0.833. The highest BCUT2D eigenvalue weighted by molar-refractivity contribution is 5.77. The molecule has 2 fully saturated rings. The summed E-state index contributed by atoms with van der Waals surface area (Å²) in [6.45, 7) is 11.0. The van der Waals surface area contributed by atoms with Gasteiger partial charge in [-0.2, -0.15) is 0 Å². The third-order valence-corrected chi connectivity index (χ3v) is 5.70. The van der Waals surface area contributed by atoms with E-state index in [-0.39, 0.29) is 47.9 Å². The van der Waals surface area contributed by atoms with E-state index in [0.717, 1.165) is 51.4 Å². The standard InChI is InChI=1S/2C12H22N2O3/c2*1-12(2,3)17-11(16)14-9-6-4-8(5-7-9)10(13)15/h2*8-9H,4-7H2,1-3H3,(H2,13,15)(H,14,16). The molecule has 0 radical (unpaired) electrons. The van der Waals surface area contributed by atoms with Gasteiger partial charge in [0.15, 0.2) is 0 Å². The summed E-state index contributed by atoms with van der Waals surface area (Å²) in [5.41, 5.74) is 9.54. The molecule has 4 amide bonds. The summed E-state index contributed by atoms with van der Waals surface area (Å²) in [5, 5.41) is 5.64. The number of hydrogen-bond acceptors (Lipinski definition) is 6. The van der Waals surface area contributed by atoms with Gasteiger partial charge in [0, 0.05) is 23.9 Å². The predicted molar refractivity (Wildman–Crippen MR) is 129 cm³/mol. The van der Waals surface area contributed by atoms with E-state index in [1.165, 1.54) is 0 Å². The van der Waals surface area contributed by atoms with E-state index in [1.807, 2.05) is 41.5 Å². The highest BCUT2D eigenvalue weighted by Crippen LogP contribution is 2.25. The summed E-state index contributed by atoms with van der Waals surface area (Å²) in [4.78, 5) is 45.0. The van der Waals surface area contributed by atoms with Crippen molar-refractivity contribution in [3.8, 4) is 0 Å². The molecule has 0 atom stereocenters. The van der Waals surface area contributed by atoms with Crippen LogP contribution < -0.4 is 22.1 Å². The zero-order valence-corrected chi connectivity index (χ0v) is 21.6. The van der Waals surface area contributed by atoms with Crippen molar-refractivity contribution >= 4 is 24.0 Å². The van der Waals surface area contributed by atoms with Crippen LogP contribution >= 0.6 is 0 Å². The van der Waals surface area contributed by atoms with Crippen molar-refractivity contribution in [1.29, 1.82) is 0 Å². The van der Waals surface area contributed by atoms with E-state index in [1.54, 1.807) is 0 Å². The molecule has 10 heteroatoms. The minimum Gasteiger partial charge on any atom is -0.444 e. The Labute approximate surface area is 203 Å². The maximum atomic E-state index is 11.5. The maximum Gasteiger partial charge on any atom is 0.407 e. The Hall–Kier alpha value is -2.52. The lowest BCUT2D eigenvalue weighted by molar-refractivity contribution is -0.123. The van der Waals surface area contributed by atoms with Crippen molar-refractivity contribution in [2.75, 3.05) is 0 Å². The van der Waals surface area contributed by atoms with Crippen LogP contribution in [0.25, 0.3) is 0 Å². The lowest BCUT2D eigenvalue weighted by Crippen LogP contribution is -2.42. The first kappa shape index (κ1) is 29.5. The van der Waals surface area contributed by atoms with Crippen molar-refractivity contribution in [2.45, 2.75) is 116 Å². The Morgan fingerprint density at radius 1 is 0.588 bits per heavy atom. The third kappa shape index (κ3) is 12.6. The van der Waals surface area contributed by atoms with Crippen molar-refractivity contribution in [1.82, 2.24) is 10.6 Å². The number of rotatable bonds is 4. The molecule has 0 aliphatic heterocycles. The fourth-order valence-corrected chi connectivity index (χ4v) is 3.99. The predicted octanol–water partition coefficient (Wildman–Crippen LogP) is 3.11. The highest BCUT2D eigenvalue weighted by atomic mass is 16.6. The van der Waals surface area contributed by atoms with E-state index in [9.17, 15) is 19.2 Å². The Morgan fingerprint density at radius 2 is 0.853 bits per heavy atom. The quantitative estimate of drug-likeness (QED) is 0.479.